The molecule has 0 spiro atoms. The SMILES string of the molecule is Cc1cc(C)cc(OCCN2C(=O)C(Nc3ccccc3C)=C(c3cccs3)C2=O)c1. The standard InChI is InChI=1S/C25H24N2O3S/c1-16-13-17(2)15-19(14-16)30-11-10-27-24(28)22(21-9-6-12-31-21)23(25(27)29)26-20-8-5-4-7-18(20)3/h4-9,12-15,26H,10-11H2,1-3H3. The summed E-state index contributed by atoms with van der Waals surface area (Å²) in [6.07, 6.45) is 0. The minimum absolute atomic E-state index is 0.179. The average molecular weight is 433 g/mol. The van der Waals surface area contributed by atoms with Crippen molar-refractivity contribution in [1.82, 2.24) is 4.90 Å². The third-order valence-corrected chi connectivity index (χ3v) is 6.01. The highest BCUT2D eigenvalue weighted by atomic mass is 32.1. The molecule has 158 valence electrons. The number of aryl methyl sites for hydroxylation is 3. The molecule has 3 aromatic rings. The highest BCUT2D eigenvalue weighted by Gasteiger charge is 2.39. The van der Waals surface area contributed by atoms with Crippen molar-refractivity contribution in [2.75, 3.05) is 18.5 Å². The lowest BCUT2D eigenvalue weighted by molar-refractivity contribution is -0.137. The maximum absolute atomic E-state index is 13.2. The summed E-state index contributed by atoms with van der Waals surface area (Å²) in [5, 5.41) is 5.11. The van der Waals surface area contributed by atoms with E-state index in [1.807, 2.05) is 74.7 Å². The molecule has 31 heavy (non-hydrogen) atoms. The van der Waals surface area contributed by atoms with Gasteiger partial charge in [0.1, 0.15) is 18.1 Å². The summed E-state index contributed by atoms with van der Waals surface area (Å²) in [4.78, 5) is 28.5. The first-order valence-corrected chi connectivity index (χ1v) is 11.0. The van der Waals surface area contributed by atoms with E-state index < -0.39 is 0 Å². The van der Waals surface area contributed by atoms with E-state index in [9.17, 15) is 9.59 Å². The van der Waals surface area contributed by atoms with Crippen LogP contribution in [-0.4, -0.2) is 29.9 Å². The Labute approximate surface area is 186 Å². The van der Waals surface area contributed by atoms with E-state index in [2.05, 4.69) is 11.4 Å². The molecular formula is C25H24N2O3S. The molecule has 1 N–H and O–H groups in total. The van der Waals surface area contributed by atoms with Gasteiger partial charge in [0.2, 0.25) is 0 Å². The predicted molar refractivity (Wildman–Crippen MR) is 124 cm³/mol. The highest BCUT2D eigenvalue weighted by molar-refractivity contribution is 7.11. The van der Waals surface area contributed by atoms with Crippen LogP contribution < -0.4 is 10.1 Å². The Hall–Kier alpha value is -3.38. The molecule has 0 saturated heterocycles. The zero-order valence-corrected chi connectivity index (χ0v) is 18.6. The molecule has 2 heterocycles. The predicted octanol–water partition coefficient (Wildman–Crippen LogP) is 4.94. The van der Waals surface area contributed by atoms with Crippen LogP contribution in [0.1, 0.15) is 21.6 Å². The Kier molecular flexibility index (Phi) is 5.91. The molecule has 0 atom stereocenters. The fourth-order valence-electron chi connectivity index (χ4n) is 3.66. The average Bonchev–Trinajstić information content (AvgIpc) is 3.32. The van der Waals surface area contributed by atoms with Gasteiger partial charge in [-0.2, -0.15) is 0 Å². The summed E-state index contributed by atoms with van der Waals surface area (Å²) in [6.45, 7) is 6.39. The van der Waals surface area contributed by atoms with Crippen LogP contribution in [0.15, 0.2) is 65.7 Å². The van der Waals surface area contributed by atoms with Crippen LogP contribution in [0.4, 0.5) is 5.69 Å². The molecule has 0 unspecified atom stereocenters. The molecule has 1 aliphatic heterocycles. The number of nitrogens with zero attached hydrogens (tertiary/aromatic N) is 1. The Balaban J connectivity index is 1.55. The maximum Gasteiger partial charge on any atom is 0.278 e. The van der Waals surface area contributed by atoms with Crippen molar-refractivity contribution in [3.05, 3.63) is 87.2 Å². The lowest BCUT2D eigenvalue weighted by Crippen LogP contribution is -2.36. The van der Waals surface area contributed by atoms with E-state index in [1.54, 1.807) is 0 Å². The first-order chi connectivity index (χ1) is 14.9. The number of hydrogen-bond donors (Lipinski definition) is 1. The van der Waals surface area contributed by atoms with Gasteiger partial charge in [-0.3, -0.25) is 14.5 Å². The summed E-state index contributed by atoms with van der Waals surface area (Å²) < 4.78 is 5.84. The van der Waals surface area contributed by atoms with Gasteiger partial charge in [0.05, 0.1) is 12.1 Å². The first-order valence-electron chi connectivity index (χ1n) is 10.1. The number of ether oxygens (including phenoxy) is 1. The van der Waals surface area contributed by atoms with E-state index in [0.717, 1.165) is 33.0 Å². The number of carbonyl (C=O) groups excluding carboxylic acids is 2. The number of benzene rings is 2. The molecule has 2 aromatic carbocycles. The molecule has 5 nitrogen and oxygen atoms in total. The first kappa shape index (κ1) is 20.9. The van der Waals surface area contributed by atoms with Crippen LogP contribution in [0.2, 0.25) is 0 Å². The smallest absolute Gasteiger partial charge is 0.278 e. The van der Waals surface area contributed by atoms with Crippen LogP contribution >= 0.6 is 11.3 Å². The minimum Gasteiger partial charge on any atom is -0.492 e. The van der Waals surface area contributed by atoms with Crippen molar-refractivity contribution in [3.63, 3.8) is 0 Å². The number of nitrogens with one attached hydrogen (secondary N) is 1. The summed E-state index contributed by atoms with van der Waals surface area (Å²) in [5.41, 5.74) is 4.74. The van der Waals surface area contributed by atoms with Crippen LogP contribution in [0, 0.1) is 20.8 Å². The topological polar surface area (TPSA) is 58.6 Å². The molecular weight excluding hydrogens is 408 g/mol. The van der Waals surface area contributed by atoms with Crippen LogP contribution in [-0.2, 0) is 9.59 Å². The van der Waals surface area contributed by atoms with Crippen molar-refractivity contribution in [3.8, 4) is 5.75 Å². The van der Waals surface area contributed by atoms with Crippen LogP contribution in [0.25, 0.3) is 5.57 Å². The molecule has 0 bridgehead atoms. The van der Waals surface area contributed by atoms with Gasteiger partial charge >= 0.3 is 0 Å². The Bertz CT molecular complexity index is 1150. The van der Waals surface area contributed by atoms with E-state index in [1.165, 1.54) is 16.2 Å². The van der Waals surface area contributed by atoms with Crippen molar-refractivity contribution >= 4 is 34.4 Å². The van der Waals surface area contributed by atoms with E-state index >= 15 is 0 Å². The van der Waals surface area contributed by atoms with Crippen LogP contribution in [0.3, 0.4) is 0 Å². The number of thiophene rings is 1. The van der Waals surface area contributed by atoms with Gasteiger partial charge in [-0.15, -0.1) is 11.3 Å². The molecule has 0 fully saturated rings. The third kappa shape index (κ3) is 4.39. The second-order valence-electron chi connectivity index (χ2n) is 7.60. The second kappa shape index (κ2) is 8.78. The molecule has 0 saturated carbocycles. The Morgan fingerprint density at radius 2 is 1.68 bits per heavy atom. The zero-order valence-electron chi connectivity index (χ0n) is 17.8. The maximum atomic E-state index is 13.2. The van der Waals surface area contributed by atoms with Crippen molar-refractivity contribution in [1.29, 1.82) is 0 Å². The van der Waals surface area contributed by atoms with E-state index in [4.69, 9.17) is 4.74 Å². The Morgan fingerprint density at radius 3 is 2.35 bits per heavy atom. The van der Waals surface area contributed by atoms with Gasteiger partial charge in [0.15, 0.2) is 0 Å². The largest absolute Gasteiger partial charge is 0.492 e. The summed E-state index contributed by atoms with van der Waals surface area (Å²) in [5.74, 6) is 0.106. The molecule has 1 aliphatic rings. The van der Waals surface area contributed by atoms with Gasteiger partial charge < -0.3 is 10.1 Å². The number of carbonyl (C=O) groups is 2. The van der Waals surface area contributed by atoms with Crippen molar-refractivity contribution in [2.24, 2.45) is 0 Å². The van der Waals surface area contributed by atoms with E-state index in [-0.39, 0.29) is 25.0 Å². The number of imide groups is 1. The highest BCUT2D eigenvalue weighted by Crippen LogP contribution is 2.33. The molecule has 2 amide bonds. The number of hydrogen-bond acceptors (Lipinski definition) is 5. The summed E-state index contributed by atoms with van der Waals surface area (Å²) in [6, 6.07) is 17.4. The second-order valence-corrected chi connectivity index (χ2v) is 8.55. The quantitative estimate of drug-likeness (QED) is 0.537. The van der Waals surface area contributed by atoms with Gasteiger partial charge in [-0.05, 0) is 67.1 Å². The van der Waals surface area contributed by atoms with E-state index in [0.29, 0.717) is 11.3 Å². The Morgan fingerprint density at radius 1 is 0.935 bits per heavy atom. The van der Waals surface area contributed by atoms with Crippen molar-refractivity contribution < 1.29 is 14.3 Å². The van der Waals surface area contributed by atoms with Gasteiger partial charge in [-0.25, -0.2) is 0 Å². The number of amides is 2. The molecule has 0 radical (unpaired) electrons. The monoisotopic (exact) mass is 432 g/mol. The lowest BCUT2D eigenvalue weighted by atomic mass is 10.1. The normalized spacial score (nSPS) is 13.8. The third-order valence-electron chi connectivity index (χ3n) is 5.12. The number of anilines is 1. The zero-order chi connectivity index (χ0) is 22.0. The summed E-state index contributed by atoms with van der Waals surface area (Å²) in [7, 11) is 0. The van der Waals surface area contributed by atoms with Gasteiger partial charge in [0.25, 0.3) is 11.8 Å². The lowest BCUT2D eigenvalue weighted by Gasteiger charge is -2.16. The molecule has 1 aromatic heterocycles. The minimum atomic E-state index is -0.333. The van der Waals surface area contributed by atoms with Gasteiger partial charge in [0, 0.05) is 10.6 Å². The molecule has 0 aliphatic carbocycles. The molecule has 6 heteroatoms. The van der Waals surface area contributed by atoms with Crippen molar-refractivity contribution in [2.45, 2.75) is 20.8 Å². The number of rotatable bonds is 7. The van der Waals surface area contributed by atoms with Crippen LogP contribution in [0.5, 0.6) is 5.75 Å². The fraction of sp³-hybridized carbons (Fsp3) is 0.200. The molecule has 4 rings (SSSR count). The number of para-hydroxylation sites is 1. The van der Waals surface area contributed by atoms with Gasteiger partial charge in [-0.1, -0.05) is 30.3 Å². The summed E-state index contributed by atoms with van der Waals surface area (Å²) >= 11 is 1.44. The fourth-order valence-corrected chi connectivity index (χ4v) is 4.43.